The van der Waals surface area contributed by atoms with Gasteiger partial charge < -0.3 is 10.2 Å². The summed E-state index contributed by atoms with van der Waals surface area (Å²) in [6, 6.07) is 0. The van der Waals surface area contributed by atoms with Crippen molar-refractivity contribution in [2.24, 2.45) is 11.3 Å². The Morgan fingerprint density at radius 2 is 1.25 bits per heavy atom. The van der Waals surface area contributed by atoms with Crippen molar-refractivity contribution in [1.82, 2.24) is 0 Å². The third-order valence-corrected chi connectivity index (χ3v) is 1.44. The molecular weight excluding hydrogens is 152 g/mol. The van der Waals surface area contributed by atoms with E-state index < -0.39 is 0 Å². The van der Waals surface area contributed by atoms with Crippen molar-refractivity contribution in [3.63, 3.8) is 0 Å². The zero-order valence-corrected chi connectivity index (χ0v) is 9.26. The first-order valence-electron chi connectivity index (χ1n) is 4.49. The average Bonchev–Trinajstić information content (AvgIpc) is 1.87. The zero-order valence-electron chi connectivity index (χ0n) is 9.26. The number of aliphatic hydroxyl groups is 2. The molecule has 0 aromatic carbocycles. The highest BCUT2D eigenvalue weighted by atomic mass is 16.3. The van der Waals surface area contributed by atoms with E-state index in [9.17, 15) is 0 Å². The van der Waals surface area contributed by atoms with Crippen LogP contribution in [0.3, 0.4) is 0 Å². The van der Waals surface area contributed by atoms with E-state index in [1.54, 1.807) is 6.92 Å². The summed E-state index contributed by atoms with van der Waals surface area (Å²) in [4.78, 5) is 0. The van der Waals surface area contributed by atoms with E-state index in [-0.39, 0.29) is 18.1 Å². The summed E-state index contributed by atoms with van der Waals surface area (Å²) in [6.07, 6.45) is -0.148. The number of hydrogen-bond donors (Lipinski definition) is 2. The van der Waals surface area contributed by atoms with Crippen LogP contribution in [0.4, 0.5) is 0 Å². The minimum Gasteiger partial charge on any atom is -0.396 e. The molecule has 0 aliphatic rings. The lowest BCUT2D eigenvalue weighted by Gasteiger charge is -2.11. The second kappa shape index (κ2) is 6.44. The second-order valence-electron chi connectivity index (χ2n) is 4.70. The van der Waals surface area contributed by atoms with Gasteiger partial charge >= 0.3 is 0 Å². The van der Waals surface area contributed by atoms with Crippen molar-refractivity contribution >= 4 is 0 Å². The average molecular weight is 176 g/mol. The highest BCUT2D eigenvalue weighted by molar-refractivity contribution is 4.55. The monoisotopic (exact) mass is 176 g/mol. The lowest BCUT2D eigenvalue weighted by molar-refractivity contribution is 0.144. The Morgan fingerprint density at radius 3 is 1.25 bits per heavy atom. The summed E-state index contributed by atoms with van der Waals surface area (Å²) in [5, 5.41) is 17.0. The highest BCUT2D eigenvalue weighted by Crippen LogP contribution is 2.09. The van der Waals surface area contributed by atoms with E-state index in [0.717, 1.165) is 0 Å². The van der Waals surface area contributed by atoms with Gasteiger partial charge in [-0.15, -0.1) is 0 Å². The Labute approximate surface area is 76.6 Å². The molecule has 0 aromatic rings. The van der Waals surface area contributed by atoms with Crippen molar-refractivity contribution in [2.45, 2.75) is 47.6 Å². The summed E-state index contributed by atoms with van der Waals surface area (Å²) in [5.74, 6) is 0.407. The number of rotatable bonds is 1. The molecule has 0 saturated carbocycles. The maximum Gasteiger partial charge on any atom is 0.0535 e. The van der Waals surface area contributed by atoms with Crippen LogP contribution in [0.15, 0.2) is 0 Å². The van der Waals surface area contributed by atoms with Crippen LogP contribution in [-0.2, 0) is 0 Å². The summed E-state index contributed by atoms with van der Waals surface area (Å²) in [5.41, 5.74) is 0.0972. The summed E-state index contributed by atoms with van der Waals surface area (Å²) < 4.78 is 0. The Morgan fingerprint density at radius 1 is 1.08 bits per heavy atom. The van der Waals surface area contributed by atoms with Gasteiger partial charge in [0.25, 0.3) is 0 Å². The molecule has 2 nitrogen and oxygen atoms in total. The topological polar surface area (TPSA) is 40.5 Å². The predicted octanol–water partition coefficient (Wildman–Crippen LogP) is 2.05. The largest absolute Gasteiger partial charge is 0.396 e. The molecule has 12 heavy (non-hydrogen) atoms. The van der Waals surface area contributed by atoms with Crippen LogP contribution < -0.4 is 0 Å². The normalized spacial score (nSPS) is 13.8. The molecule has 0 heterocycles. The molecule has 0 rings (SSSR count). The van der Waals surface area contributed by atoms with Crippen molar-refractivity contribution < 1.29 is 10.2 Å². The molecule has 2 heteroatoms. The Balaban J connectivity index is 0. The van der Waals surface area contributed by atoms with Gasteiger partial charge in [-0.25, -0.2) is 0 Å². The van der Waals surface area contributed by atoms with E-state index in [4.69, 9.17) is 10.2 Å². The molecule has 0 aliphatic carbocycles. The fraction of sp³-hybridized carbons (Fsp3) is 1.00. The Kier molecular flexibility index (Phi) is 7.75. The molecule has 2 N–H and O–H groups in total. The maximum absolute atomic E-state index is 8.63. The van der Waals surface area contributed by atoms with Crippen LogP contribution in [0, 0.1) is 11.3 Å². The van der Waals surface area contributed by atoms with Gasteiger partial charge in [0, 0.05) is 6.61 Å². The van der Waals surface area contributed by atoms with Gasteiger partial charge in [-0.2, -0.15) is 0 Å². The molecule has 0 saturated heterocycles. The molecule has 1 atom stereocenters. The van der Waals surface area contributed by atoms with E-state index in [1.165, 1.54) is 0 Å². The second-order valence-corrected chi connectivity index (χ2v) is 4.70. The third kappa shape index (κ3) is 16.5. The SMILES string of the molecule is CC(C)(C)CO.CC(C)C(C)O. The van der Waals surface area contributed by atoms with Gasteiger partial charge in [-0.05, 0) is 18.3 Å². The predicted molar refractivity (Wildman–Crippen MR) is 53.1 cm³/mol. The van der Waals surface area contributed by atoms with Crippen LogP contribution in [0.2, 0.25) is 0 Å². The smallest absolute Gasteiger partial charge is 0.0535 e. The fourth-order valence-electron chi connectivity index (χ4n) is 0. The first kappa shape index (κ1) is 14.4. The molecular formula is C10H24O2. The minimum absolute atomic E-state index is 0.0972. The van der Waals surface area contributed by atoms with Crippen LogP contribution in [-0.4, -0.2) is 22.9 Å². The van der Waals surface area contributed by atoms with E-state index in [1.807, 2.05) is 34.6 Å². The van der Waals surface area contributed by atoms with Crippen molar-refractivity contribution in [3.8, 4) is 0 Å². The van der Waals surface area contributed by atoms with E-state index in [2.05, 4.69) is 0 Å². The minimum atomic E-state index is -0.148. The molecule has 0 bridgehead atoms. The molecule has 76 valence electrons. The Bertz CT molecular complexity index is 84.5. The summed E-state index contributed by atoms with van der Waals surface area (Å²) in [6.45, 7) is 12.0. The van der Waals surface area contributed by atoms with Crippen LogP contribution in [0.5, 0.6) is 0 Å². The highest BCUT2D eigenvalue weighted by Gasteiger charge is 2.05. The van der Waals surface area contributed by atoms with Gasteiger partial charge in [0.15, 0.2) is 0 Å². The van der Waals surface area contributed by atoms with Gasteiger partial charge in [0.1, 0.15) is 0 Å². The van der Waals surface area contributed by atoms with Crippen LogP contribution in [0.1, 0.15) is 41.5 Å². The van der Waals surface area contributed by atoms with E-state index >= 15 is 0 Å². The molecule has 0 aliphatic heterocycles. The van der Waals surface area contributed by atoms with Crippen LogP contribution in [0.25, 0.3) is 0 Å². The molecule has 0 radical (unpaired) electrons. The maximum atomic E-state index is 8.63. The quantitative estimate of drug-likeness (QED) is 0.642. The molecule has 1 unspecified atom stereocenters. The van der Waals surface area contributed by atoms with Gasteiger partial charge in [-0.1, -0.05) is 34.6 Å². The molecule has 0 fully saturated rings. The fourth-order valence-corrected chi connectivity index (χ4v) is 0. The van der Waals surface area contributed by atoms with Gasteiger partial charge in [-0.3, -0.25) is 0 Å². The van der Waals surface area contributed by atoms with Gasteiger partial charge in [0.05, 0.1) is 6.10 Å². The van der Waals surface area contributed by atoms with E-state index in [0.29, 0.717) is 5.92 Å². The first-order valence-corrected chi connectivity index (χ1v) is 4.49. The van der Waals surface area contributed by atoms with Gasteiger partial charge in [0.2, 0.25) is 0 Å². The number of aliphatic hydroxyl groups excluding tert-OH is 2. The number of hydrogen-bond acceptors (Lipinski definition) is 2. The zero-order chi connectivity index (χ0) is 10.4. The van der Waals surface area contributed by atoms with Crippen molar-refractivity contribution in [1.29, 1.82) is 0 Å². The summed E-state index contributed by atoms with van der Waals surface area (Å²) >= 11 is 0. The van der Waals surface area contributed by atoms with Crippen molar-refractivity contribution in [2.75, 3.05) is 6.61 Å². The molecule has 0 spiro atoms. The Hall–Kier alpha value is -0.0800. The lowest BCUT2D eigenvalue weighted by Crippen LogP contribution is -2.09. The lowest BCUT2D eigenvalue weighted by atomic mass is 9.99. The standard InChI is InChI=1S/2C5H12O/c1-5(2,3)4-6;1-4(2)5(3)6/h6H,4H2,1-3H3;4-6H,1-3H3. The first-order chi connectivity index (χ1) is 5.20. The van der Waals surface area contributed by atoms with Crippen molar-refractivity contribution in [3.05, 3.63) is 0 Å². The molecule has 0 amide bonds. The third-order valence-electron chi connectivity index (χ3n) is 1.44. The van der Waals surface area contributed by atoms with Crippen LogP contribution >= 0.6 is 0 Å². The summed E-state index contributed by atoms with van der Waals surface area (Å²) in [7, 11) is 0. The molecule has 0 aromatic heterocycles.